The predicted octanol–water partition coefficient (Wildman–Crippen LogP) is -0.801. The number of carbonyl (C=O) groups is 2. The van der Waals surface area contributed by atoms with Crippen molar-refractivity contribution in [2.45, 2.75) is 0 Å². The zero-order valence-electron chi connectivity index (χ0n) is 11.4. The lowest BCUT2D eigenvalue weighted by Crippen LogP contribution is -2.20. The van der Waals surface area contributed by atoms with Gasteiger partial charge in [0.2, 0.25) is 0 Å². The fourth-order valence-electron chi connectivity index (χ4n) is 0.816. The lowest BCUT2D eigenvalue weighted by Gasteiger charge is -2.08. The second-order valence-corrected chi connectivity index (χ2v) is 4.13. The Balaban J connectivity index is 3.79. The molecule has 0 aromatic heterocycles. The Kier molecular flexibility index (Phi) is 8.62. The zero-order chi connectivity index (χ0) is 14.0. The third kappa shape index (κ3) is 10.9. The van der Waals surface area contributed by atoms with E-state index in [9.17, 15) is 9.59 Å². The van der Waals surface area contributed by atoms with Crippen LogP contribution >= 0.6 is 0 Å². The molecule has 0 aromatic rings. The van der Waals surface area contributed by atoms with Crippen LogP contribution in [0.5, 0.6) is 0 Å². The lowest BCUT2D eigenvalue weighted by molar-refractivity contribution is -0.139. The van der Waals surface area contributed by atoms with Crippen molar-refractivity contribution in [2.75, 3.05) is 54.5 Å². The van der Waals surface area contributed by atoms with Crippen LogP contribution in [0.15, 0.2) is 0 Å². The summed E-state index contributed by atoms with van der Waals surface area (Å²) in [6.45, 7) is 1.72. The number of esters is 2. The van der Waals surface area contributed by atoms with Crippen LogP contribution < -0.4 is 0 Å². The van der Waals surface area contributed by atoms with Crippen molar-refractivity contribution >= 4 is 11.9 Å². The zero-order valence-corrected chi connectivity index (χ0v) is 11.4. The maximum absolute atomic E-state index is 11.1. The highest BCUT2D eigenvalue weighted by Gasteiger charge is 2.01. The molecule has 6 heteroatoms. The molecule has 0 heterocycles. The first-order valence-corrected chi connectivity index (χ1v) is 5.57. The van der Waals surface area contributed by atoms with Gasteiger partial charge in [-0.3, -0.25) is 0 Å². The van der Waals surface area contributed by atoms with Crippen LogP contribution in [-0.2, 0) is 19.1 Å². The molecule has 0 N–H and O–H groups in total. The predicted molar refractivity (Wildman–Crippen MR) is 66.8 cm³/mol. The van der Waals surface area contributed by atoms with Crippen molar-refractivity contribution in [2.24, 2.45) is 0 Å². The molecular weight excluding hydrogens is 236 g/mol. The van der Waals surface area contributed by atoms with Gasteiger partial charge in [-0.05, 0) is 28.2 Å². The Morgan fingerprint density at radius 1 is 0.833 bits per heavy atom. The molecule has 0 fully saturated rings. The normalized spacial score (nSPS) is 9.89. The Morgan fingerprint density at radius 2 is 1.17 bits per heavy atom. The second kappa shape index (κ2) is 9.45. The number of hydrogen-bond acceptors (Lipinski definition) is 6. The summed E-state index contributed by atoms with van der Waals surface area (Å²) in [6.07, 6.45) is 0. The summed E-state index contributed by atoms with van der Waals surface area (Å²) >= 11 is 0. The van der Waals surface area contributed by atoms with Gasteiger partial charge in [0.15, 0.2) is 0 Å². The summed E-state index contributed by atoms with van der Waals surface area (Å²) in [6, 6.07) is 0. The first-order chi connectivity index (χ1) is 8.41. The Bertz CT molecular complexity index is 299. The smallest absolute Gasteiger partial charge is 0.384 e. The molecule has 0 unspecified atom stereocenters. The standard InChI is InChI=1S/C12H20N2O4/c1-13(2)7-9-17-11(15)5-6-12(16)18-10-8-14(3)4/h7-10H2,1-4H3. The minimum Gasteiger partial charge on any atom is -0.455 e. The van der Waals surface area contributed by atoms with Gasteiger partial charge in [-0.25, -0.2) is 9.59 Å². The molecule has 0 saturated carbocycles. The molecule has 0 rings (SSSR count). The number of hydrogen-bond donors (Lipinski definition) is 0. The van der Waals surface area contributed by atoms with Crippen LogP contribution in [-0.4, -0.2) is 76.2 Å². The number of carbonyl (C=O) groups excluding carboxylic acids is 2. The second-order valence-electron chi connectivity index (χ2n) is 4.13. The SMILES string of the molecule is CN(C)CCOC(=O)C#CC(=O)OCCN(C)C. The quantitative estimate of drug-likeness (QED) is 0.352. The van der Waals surface area contributed by atoms with E-state index in [1.165, 1.54) is 0 Å². The van der Waals surface area contributed by atoms with E-state index < -0.39 is 11.9 Å². The summed E-state index contributed by atoms with van der Waals surface area (Å²) in [5, 5.41) is 0. The molecule has 0 aliphatic carbocycles. The summed E-state index contributed by atoms with van der Waals surface area (Å²) in [5.41, 5.74) is 0. The molecule has 0 aliphatic heterocycles. The number of ether oxygens (including phenoxy) is 2. The highest BCUT2D eigenvalue weighted by atomic mass is 16.5. The van der Waals surface area contributed by atoms with Gasteiger partial charge in [0.25, 0.3) is 0 Å². The maximum atomic E-state index is 11.1. The van der Waals surface area contributed by atoms with Gasteiger partial charge in [0.05, 0.1) is 0 Å². The summed E-state index contributed by atoms with van der Waals surface area (Å²) < 4.78 is 9.55. The van der Waals surface area contributed by atoms with Crippen LogP contribution in [0.1, 0.15) is 0 Å². The molecule has 0 bridgehead atoms. The van der Waals surface area contributed by atoms with Crippen molar-refractivity contribution in [1.29, 1.82) is 0 Å². The Morgan fingerprint density at radius 3 is 1.44 bits per heavy atom. The van der Waals surface area contributed by atoms with Crippen molar-refractivity contribution in [3.8, 4) is 11.8 Å². The molecule has 0 saturated heterocycles. The molecule has 6 nitrogen and oxygen atoms in total. The summed E-state index contributed by atoms with van der Waals surface area (Å²) in [7, 11) is 7.45. The van der Waals surface area contributed by atoms with Gasteiger partial charge < -0.3 is 19.3 Å². The first kappa shape index (κ1) is 16.4. The van der Waals surface area contributed by atoms with Gasteiger partial charge in [-0.2, -0.15) is 0 Å². The Hall–Kier alpha value is -1.58. The van der Waals surface area contributed by atoms with Crippen molar-refractivity contribution in [1.82, 2.24) is 9.80 Å². The van der Waals surface area contributed by atoms with Crippen LogP contribution in [0.3, 0.4) is 0 Å². The average molecular weight is 256 g/mol. The van der Waals surface area contributed by atoms with Gasteiger partial charge in [-0.1, -0.05) is 0 Å². The fourth-order valence-corrected chi connectivity index (χ4v) is 0.816. The number of rotatable bonds is 6. The van der Waals surface area contributed by atoms with Crippen LogP contribution in [0.4, 0.5) is 0 Å². The molecular formula is C12H20N2O4. The molecule has 0 atom stereocenters. The van der Waals surface area contributed by atoms with E-state index in [2.05, 4.69) is 11.8 Å². The van der Waals surface area contributed by atoms with E-state index in [0.29, 0.717) is 13.1 Å². The minimum absolute atomic E-state index is 0.246. The average Bonchev–Trinajstić information content (AvgIpc) is 2.25. The van der Waals surface area contributed by atoms with Crippen molar-refractivity contribution < 1.29 is 19.1 Å². The Labute approximate surface area is 108 Å². The third-order valence-electron chi connectivity index (χ3n) is 1.81. The van der Waals surface area contributed by atoms with E-state index in [1.807, 2.05) is 38.0 Å². The van der Waals surface area contributed by atoms with Gasteiger partial charge in [0.1, 0.15) is 13.2 Å². The van der Waals surface area contributed by atoms with Crippen LogP contribution in [0, 0.1) is 11.8 Å². The first-order valence-electron chi connectivity index (χ1n) is 5.57. The molecule has 0 amide bonds. The van der Waals surface area contributed by atoms with Crippen LogP contribution in [0.2, 0.25) is 0 Å². The minimum atomic E-state index is -0.721. The third-order valence-corrected chi connectivity index (χ3v) is 1.81. The topological polar surface area (TPSA) is 59.1 Å². The summed E-state index contributed by atoms with van der Waals surface area (Å²) in [5.74, 6) is 2.71. The largest absolute Gasteiger partial charge is 0.455 e. The van der Waals surface area contributed by atoms with E-state index >= 15 is 0 Å². The molecule has 0 aromatic carbocycles. The van der Waals surface area contributed by atoms with Crippen molar-refractivity contribution in [3.63, 3.8) is 0 Å². The fraction of sp³-hybridized carbons (Fsp3) is 0.667. The molecule has 18 heavy (non-hydrogen) atoms. The molecule has 0 radical (unpaired) electrons. The summed E-state index contributed by atoms with van der Waals surface area (Å²) in [4.78, 5) is 25.9. The van der Waals surface area contributed by atoms with E-state index in [4.69, 9.17) is 9.47 Å². The van der Waals surface area contributed by atoms with Gasteiger partial charge >= 0.3 is 11.9 Å². The van der Waals surface area contributed by atoms with E-state index in [0.717, 1.165) is 0 Å². The molecule has 0 spiro atoms. The number of nitrogens with zero attached hydrogens (tertiary/aromatic N) is 2. The van der Waals surface area contributed by atoms with Gasteiger partial charge in [-0.15, -0.1) is 0 Å². The number of likely N-dealkylation sites (N-methyl/N-ethyl adjacent to an activating group) is 2. The van der Waals surface area contributed by atoms with Crippen LogP contribution in [0.25, 0.3) is 0 Å². The highest BCUT2D eigenvalue weighted by Crippen LogP contribution is 1.82. The van der Waals surface area contributed by atoms with E-state index in [1.54, 1.807) is 0 Å². The monoisotopic (exact) mass is 256 g/mol. The molecule has 0 aliphatic rings. The highest BCUT2D eigenvalue weighted by molar-refractivity contribution is 5.98. The lowest BCUT2D eigenvalue weighted by atomic mass is 10.5. The molecule has 102 valence electrons. The van der Waals surface area contributed by atoms with Gasteiger partial charge in [0, 0.05) is 24.9 Å². The van der Waals surface area contributed by atoms with E-state index in [-0.39, 0.29) is 13.2 Å². The maximum Gasteiger partial charge on any atom is 0.384 e. The van der Waals surface area contributed by atoms with Crippen molar-refractivity contribution in [3.05, 3.63) is 0 Å².